The molecule has 158 valence electrons. The summed E-state index contributed by atoms with van der Waals surface area (Å²) < 4.78 is 12.4. The second-order valence-corrected chi connectivity index (χ2v) is 8.65. The molecule has 2 aromatic rings. The third-order valence-electron chi connectivity index (χ3n) is 5.70. The number of hydrogen-bond donors (Lipinski definition) is 2. The summed E-state index contributed by atoms with van der Waals surface area (Å²) in [5, 5.41) is 0. The summed E-state index contributed by atoms with van der Waals surface area (Å²) >= 11 is 0. The van der Waals surface area contributed by atoms with E-state index in [1.165, 1.54) is 11.1 Å². The van der Waals surface area contributed by atoms with Crippen LogP contribution in [0.3, 0.4) is 0 Å². The summed E-state index contributed by atoms with van der Waals surface area (Å²) in [5.74, 6) is -0.635. The molecule has 4 atom stereocenters. The van der Waals surface area contributed by atoms with Gasteiger partial charge in [-0.05, 0) is 63.5 Å². The number of hydrogen-bond acceptors (Lipinski definition) is 4. The van der Waals surface area contributed by atoms with Crippen molar-refractivity contribution in [2.24, 2.45) is 11.5 Å². The van der Waals surface area contributed by atoms with Gasteiger partial charge in [-0.3, -0.25) is 0 Å². The number of nitrogens with two attached hydrogens (primary N) is 2. The lowest BCUT2D eigenvalue weighted by Crippen LogP contribution is -2.49. The lowest BCUT2D eigenvalue weighted by Gasteiger charge is -2.27. The maximum atomic E-state index is 6.55. The van der Waals surface area contributed by atoms with Gasteiger partial charge in [-0.2, -0.15) is 0 Å². The van der Waals surface area contributed by atoms with Gasteiger partial charge >= 0.3 is 0 Å². The molecule has 4 heteroatoms. The number of benzene rings is 2. The Labute approximate surface area is 175 Å². The van der Waals surface area contributed by atoms with Crippen LogP contribution in [-0.4, -0.2) is 30.1 Å². The van der Waals surface area contributed by atoms with E-state index in [-0.39, 0.29) is 24.3 Å². The van der Waals surface area contributed by atoms with Crippen LogP contribution in [0.2, 0.25) is 0 Å². The van der Waals surface area contributed by atoms with E-state index in [0.29, 0.717) is 0 Å². The van der Waals surface area contributed by atoms with Crippen LogP contribution in [0.4, 0.5) is 0 Å². The summed E-state index contributed by atoms with van der Waals surface area (Å²) in [7, 11) is 0. The van der Waals surface area contributed by atoms with Crippen LogP contribution in [-0.2, 0) is 22.3 Å². The molecule has 1 aliphatic heterocycles. The molecule has 1 heterocycles. The third kappa shape index (κ3) is 6.65. The number of aryl methyl sites for hydroxylation is 2. The zero-order valence-corrected chi connectivity index (χ0v) is 17.8. The Hall–Kier alpha value is -1.72. The molecular weight excluding hydrogens is 360 g/mol. The predicted molar refractivity (Wildman–Crippen MR) is 119 cm³/mol. The topological polar surface area (TPSA) is 70.5 Å². The summed E-state index contributed by atoms with van der Waals surface area (Å²) in [5.41, 5.74) is 15.8. The van der Waals surface area contributed by atoms with Crippen molar-refractivity contribution >= 4 is 0 Å². The van der Waals surface area contributed by atoms with Gasteiger partial charge < -0.3 is 20.9 Å². The highest BCUT2D eigenvalue weighted by Gasteiger charge is 2.46. The fourth-order valence-electron chi connectivity index (χ4n) is 4.18. The second kappa shape index (κ2) is 10.4. The second-order valence-electron chi connectivity index (χ2n) is 8.65. The molecule has 0 unspecified atom stereocenters. The highest BCUT2D eigenvalue weighted by molar-refractivity contribution is 5.15. The average Bonchev–Trinajstić information content (AvgIpc) is 3.05. The van der Waals surface area contributed by atoms with Crippen molar-refractivity contribution in [1.82, 2.24) is 0 Å². The lowest BCUT2D eigenvalue weighted by atomic mass is 9.93. The first-order valence-corrected chi connectivity index (χ1v) is 10.9. The van der Waals surface area contributed by atoms with Gasteiger partial charge in [0.25, 0.3) is 0 Å². The smallest absolute Gasteiger partial charge is 0.163 e. The van der Waals surface area contributed by atoms with Crippen molar-refractivity contribution in [2.75, 3.05) is 0 Å². The molecule has 0 amide bonds. The van der Waals surface area contributed by atoms with Crippen LogP contribution in [0.5, 0.6) is 0 Å². The van der Waals surface area contributed by atoms with E-state index in [1.54, 1.807) is 0 Å². The number of rotatable bonds is 10. The van der Waals surface area contributed by atoms with Crippen molar-refractivity contribution in [3.05, 3.63) is 71.8 Å². The predicted octanol–water partition coefficient (Wildman–Crippen LogP) is 4.21. The van der Waals surface area contributed by atoms with Gasteiger partial charge in [0.05, 0.1) is 0 Å². The zero-order chi connectivity index (χ0) is 20.7. The van der Waals surface area contributed by atoms with Gasteiger partial charge in [0, 0.05) is 12.1 Å². The highest BCUT2D eigenvalue weighted by atomic mass is 16.8. The molecule has 0 aromatic heterocycles. The van der Waals surface area contributed by atoms with Crippen LogP contribution in [0.15, 0.2) is 60.7 Å². The molecule has 0 saturated carbocycles. The molecule has 0 radical (unpaired) electrons. The molecule has 1 fully saturated rings. The molecule has 2 aromatic carbocycles. The third-order valence-corrected chi connectivity index (χ3v) is 5.70. The van der Waals surface area contributed by atoms with Crippen LogP contribution in [0.1, 0.15) is 50.7 Å². The molecule has 4 nitrogen and oxygen atoms in total. The van der Waals surface area contributed by atoms with Crippen LogP contribution >= 0.6 is 0 Å². The lowest BCUT2D eigenvalue weighted by molar-refractivity contribution is -0.149. The van der Waals surface area contributed by atoms with E-state index in [2.05, 4.69) is 48.5 Å². The summed E-state index contributed by atoms with van der Waals surface area (Å²) in [6, 6.07) is 20.9. The van der Waals surface area contributed by atoms with E-state index in [4.69, 9.17) is 20.9 Å². The van der Waals surface area contributed by atoms with Gasteiger partial charge in [0.15, 0.2) is 5.79 Å². The Kier molecular flexibility index (Phi) is 7.84. The average molecular weight is 397 g/mol. The molecule has 1 aliphatic rings. The quantitative estimate of drug-likeness (QED) is 0.631. The minimum Gasteiger partial charge on any atom is -0.343 e. The Morgan fingerprint density at radius 1 is 0.724 bits per heavy atom. The maximum absolute atomic E-state index is 6.55. The molecule has 3 rings (SSSR count). The van der Waals surface area contributed by atoms with Gasteiger partial charge in [0.2, 0.25) is 0 Å². The van der Waals surface area contributed by atoms with Gasteiger partial charge in [-0.15, -0.1) is 0 Å². The molecule has 0 bridgehead atoms. The first-order valence-electron chi connectivity index (χ1n) is 10.9. The molecule has 0 aliphatic carbocycles. The Morgan fingerprint density at radius 3 is 1.48 bits per heavy atom. The first-order chi connectivity index (χ1) is 13.9. The highest BCUT2D eigenvalue weighted by Crippen LogP contribution is 2.33. The van der Waals surface area contributed by atoms with Crippen molar-refractivity contribution in [3.63, 3.8) is 0 Å². The maximum Gasteiger partial charge on any atom is 0.163 e. The van der Waals surface area contributed by atoms with E-state index in [1.807, 2.05) is 26.0 Å². The monoisotopic (exact) mass is 396 g/mol. The van der Waals surface area contributed by atoms with Crippen LogP contribution < -0.4 is 11.5 Å². The minimum absolute atomic E-state index is 0.0781. The largest absolute Gasteiger partial charge is 0.343 e. The molecule has 0 spiro atoms. The van der Waals surface area contributed by atoms with Crippen molar-refractivity contribution in [1.29, 1.82) is 0 Å². The minimum atomic E-state index is -0.635. The fraction of sp³-hybridized carbons (Fsp3) is 0.520. The van der Waals surface area contributed by atoms with Crippen molar-refractivity contribution < 1.29 is 9.47 Å². The summed E-state index contributed by atoms with van der Waals surface area (Å²) in [4.78, 5) is 0. The Balaban J connectivity index is 1.50. The zero-order valence-electron chi connectivity index (χ0n) is 17.8. The standard InChI is InChI=1S/C25H36N2O2/c1-25(2)28-23(21(26)17-9-15-19-11-5-3-6-12-19)24(29-25)22(27)18-10-16-20-13-7-4-8-14-20/h3-8,11-14,21-24H,9-10,15-18,26-27H2,1-2H3/t21-,22-,23+,24+/m0/s1. The van der Waals surface area contributed by atoms with E-state index in [0.717, 1.165) is 38.5 Å². The SMILES string of the molecule is CC1(C)O[C@H]([C@@H](N)CCCc2ccccc2)[C@@H]([C@@H](N)CCCc2ccccc2)O1. The van der Waals surface area contributed by atoms with Gasteiger partial charge in [0.1, 0.15) is 12.2 Å². The summed E-state index contributed by atoms with van der Waals surface area (Å²) in [6.07, 6.45) is 5.58. The fourth-order valence-corrected chi connectivity index (χ4v) is 4.18. The van der Waals surface area contributed by atoms with E-state index in [9.17, 15) is 0 Å². The normalized spacial score (nSPS) is 23.0. The molecular formula is C25H36N2O2. The molecule has 29 heavy (non-hydrogen) atoms. The van der Waals surface area contributed by atoms with Crippen molar-refractivity contribution in [3.8, 4) is 0 Å². The van der Waals surface area contributed by atoms with E-state index >= 15 is 0 Å². The molecule has 4 N–H and O–H groups in total. The Morgan fingerprint density at radius 2 is 1.10 bits per heavy atom. The first kappa shape index (κ1) is 22.0. The van der Waals surface area contributed by atoms with Gasteiger partial charge in [-0.25, -0.2) is 0 Å². The van der Waals surface area contributed by atoms with E-state index < -0.39 is 5.79 Å². The van der Waals surface area contributed by atoms with Crippen LogP contribution in [0, 0.1) is 0 Å². The van der Waals surface area contributed by atoms with Crippen LogP contribution in [0.25, 0.3) is 0 Å². The van der Waals surface area contributed by atoms with Crippen molar-refractivity contribution in [2.45, 2.75) is 82.5 Å². The number of ether oxygens (including phenoxy) is 2. The summed E-state index contributed by atoms with van der Waals surface area (Å²) in [6.45, 7) is 3.90. The van der Waals surface area contributed by atoms with Gasteiger partial charge in [-0.1, -0.05) is 60.7 Å². The molecule has 1 saturated heterocycles. The Bertz CT molecular complexity index is 659.